The maximum atomic E-state index is 9.82. The fourth-order valence-electron chi connectivity index (χ4n) is 1.34. The van der Waals surface area contributed by atoms with Crippen LogP contribution in [0.4, 0.5) is 0 Å². The second-order valence-corrected chi connectivity index (χ2v) is 9.54. The van der Waals surface area contributed by atoms with Gasteiger partial charge < -0.3 is 29.5 Å². The number of carbonyl (C=O) groups is 2. The molecule has 188 valence electrons. The lowest BCUT2D eigenvalue weighted by molar-refractivity contribution is -0.870. The van der Waals surface area contributed by atoms with Crippen molar-refractivity contribution in [3.8, 4) is 0 Å². The number of carbonyl (C=O) groups excluding carboxylic acids is 2. The topological polar surface area (TPSA) is 166 Å². The molecule has 0 spiro atoms. The lowest BCUT2D eigenvalue weighted by atomic mass is 10.3. The van der Waals surface area contributed by atoms with Crippen molar-refractivity contribution >= 4 is 22.2 Å². The molecular formula is C20H46N4O6S. The Morgan fingerprint density at radius 1 is 0.742 bits per heavy atom. The van der Waals surface area contributed by atoms with Gasteiger partial charge >= 0.3 is 0 Å². The molecule has 0 saturated carbocycles. The zero-order valence-electron chi connectivity index (χ0n) is 21.1. The van der Waals surface area contributed by atoms with Crippen molar-refractivity contribution in [2.75, 3.05) is 55.4 Å². The van der Waals surface area contributed by atoms with Crippen LogP contribution in [-0.4, -0.2) is 93.7 Å². The standard InChI is InChI=1S/2C6H16N.2C4H7NO.H2O4S/c2*1-5-6-7(2,3)4;2*1-3(2)4(5)6;1-5(2,3)4/h2*5-6H2,1-4H3;2*1H2,2H3,(H2,5,6);(H2,1,2,3,4)/q2*+1;;;/p-2. The third-order valence-corrected chi connectivity index (χ3v) is 2.63. The molecule has 0 aromatic carbocycles. The summed E-state index contributed by atoms with van der Waals surface area (Å²) in [6, 6.07) is 0. The number of hydrogen-bond donors (Lipinski definition) is 2. The first kappa shape index (κ1) is 39.7. The molecule has 0 heterocycles. The maximum absolute atomic E-state index is 9.82. The van der Waals surface area contributed by atoms with E-state index in [2.05, 4.69) is 69.3 Å². The molecule has 0 rings (SSSR count). The Morgan fingerprint density at radius 3 is 0.871 bits per heavy atom. The summed E-state index contributed by atoms with van der Waals surface area (Å²) in [5, 5.41) is 0. The molecule has 0 radical (unpaired) electrons. The van der Waals surface area contributed by atoms with Gasteiger partial charge in [0.25, 0.3) is 0 Å². The summed E-state index contributed by atoms with van der Waals surface area (Å²) < 4.78 is 36.3. The Balaban J connectivity index is -0.0000000913. The minimum Gasteiger partial charge on any atom is -0.759 e. The minimum atomic E-state index is -5.17. The highest BCUT2D eigenvalue weighted by molar-refractivity contribution is 7.79. The van der Waals surface area contributed by atoms with Crippen molar-refractivity contribution in [3.05, 3.63) is 24.3 Å². The van der Waals surface area contributed by atoms with Crippen molar-refractivity contribution in [1.82, 2.24) is 0 Å². The molecule has 4 N–H and O–H groups in total. The SMILES string of the molecule is C=C(C)C(N)=O.C=C(C)C(N)=O.CCC[N+](C)(C)C.CCC[N+](C)(C)C.O=S(=O)([O-])[O-]. The fourth-order valence-corrected chi connectivity index (χ4v) is 1.34. The van der Waals surface area contributed by atoms with Gasteiger partial charge in [0, 0.05) is 21.5 Å². The van der Waals surface area contributed by atoms with Crippen LogP contribution in [-0.2, 0) is 20.0 Å². The Morgan fingerprint density at radius 2 is 0.871 bits per heavy atom. The van der Waals surface area contributed by atoms with Crippen LogP contribution < -0.4 is 11.5 Å². The Kier molecular flexibility index (Phi) is 25.8. The Labute approximate surface area is 190 Å². The predicted octanol–water partition coefficient (Wildman–Crippen LogP) is 0.963. The summed E-state index contributed by atoms with van der Waals surface area (Å²) in [5.74, 6) is -0.870. The summed E-state index contributed by atoms with van der Waals surface area (Å²) in [6.07, 6.45) is 2.56. The quantitative estimate of drug-likeness (QED) is 0.254. The van der Waals surface area contributed by atoms with Crippen LogP contribution >= 0.6 is 0 Å². The molecule has 2 amide bonds. The Bertz CT molecular complexity index is 547. The first-order valence-electron chi connectivity index (χ1n) is 9.59. The second-order valence-electron chi connectivity index (χ2n) is 8.73. The molecule has 10 nitrogen and oxygen atoms in total. The molecule has 0 saturated heterocycles. The van der Waals surface area contributed by atoms with Gasteiger partial charge in [-0.25, -0.2) is 0 Å². The molecule has 0 aliphatic carbocycles. The van der Waals surface area contributed by atoms with E-state index >= 15 is 0 Å². The number of quaternary nitrogens is 2. The molecule has 11 heteroatoms. The van der Waals surface area contributed by atoms with Crippen molar-refractivity contribution in [1.29, 1.82) is 0 Å². The first-order chi connectivity index (χ1) is 13.4. The van der Waals surface area contributed by atoms with E-state index in [0.29, 0.717) is 11.1 Å². The Hall–Kier alpha value is -1.79. The van der Waals surface area contributed by atoms with E-state index in [9.17, 15) is 9.59 Å². The van der Waals surface area contributed by atoms with Crippen molar-refractivity contribution in [2.45, 2.75) is 40.5 Å². The number of hydrogen-bond acceptors (Lipinski definition) is 6. The van der Waals surface area contributed by atoms with E-state index < -0.39 is 22.2 Å². The van der Waals surface area contributed by atoms with Gasteiger partial charge in [0.15, 0.2) is 0 Å². The van der Waals surface area contributed by atoms with Gasteiger partial charge in [0.2, 0.25) is 11.8 Å². The lowest BCUT2D eigenvalue weighted by Gasteiger charge is -2.22. The van der Waals surface area contributed by atoms with Gasteiger partial charge in [-0.2, -0.15) is 0 Å². The van der Waals surface area contributed by atoms with Gasteiger partial charge in [-0.05, 0) is 26.7 Å². The fraction of sp³-hybridized carbons (Fsp3) is 0.700. The molecule has 0 unspecified atom stereocenters. The molecule has 0 aromatic heterocycles. The van der Waals surface area contributed by atoms with Crippen LogP contribution in [0.3, 0.4) is 0 Å². The van der Waals surface area contributed by atoms with Gasteiger partial charge in [-0.15, -0.1) is 0 Å². The monoisotopic (exact) mass is 470 g/mol. The summed E-state index contributed by atoms with van der Waals surface area (Å²) >= 11 is 0. The molecule has 0 aromatic rings. The van der Waals surface area contributed by atoms with Gasteiger partial charge in [0.1, 0.15) is 0 Å². The number of rotatable bonds is 6. The molecule has 0 aliphatic rings. The van der Waals surface area contributed by atoms with Crippen LogP contribution in [0.1, 0.15) is 40.5 Å². The summed E-state index contributed by atoms with van der Waals surface area (Å²) in [7, 11) is 8.10. The lowest BCUT2D eigenvalue weighted by Crippen LogP contribution is -2.34. The van der Waals surface area contributed by atoms with E-state index in [-0.39, 0.29) is 0 Å². The number of amides is 2. The number of nitrogens with two attached hydrogens (primary N) is 2. The second kappa shape index (κ2) is 20.1. The van der Waals surface area contributed by atoms with E-state index in [1.807, 2.05) is 0 Å². The first-order valence-corrected chi connectivity index (χ1v) is 10.9. The summed E-state index contributed by atoms with van der Waals surface area (Å²) in [5.41, 5.74) is 10.2. The highest BCUT2D eigenvalue weighted by Gasteiger charge is 2.01. The number of primary amides is 2. The van der Waals surface area contributed by atoms with Crippen LogP contribution in [0.5, 0.6) is 0 Å². The third-order valence-electron chi connectivity index (χ3n) is 2.63. The molecule has 0 bridgehead atoms. The van der Waals surface area contributed by atoms with Crippen LogP contribution in [0.2, 0.25) is 0 Å². The summed E-state index contributed by atoms with van der Waals surface area (Å²) in [4.78, 5) is 19.6. The van der Waals surface area contributed by atoms with Gasteiger partial charge in [0.05, 0.1) is 55.4 Å². The summed E-state index contributed by atoms with van der Waals surface area (Å²) in [6.45, 7) is 16.7. The minimum absolute atomic E-state index is 0.398. The van der Waals surface area contributed by atoms with Crippen molar-refractivity contribution in [2.24, 2.45) is 11.5 Å². The third kappa shape index (κ3) is 96.0. The van der Waals surface area contributed by atoms with E-state index in [1.165, 1.54) is 25.9 Å². The van der Waals surface area contributed by atoms with E-state index in [1.54, 1.807) is 13.8 Å². The van der Waals surface area contributed by atoms with E-state index in [4.69, 9.17) is 29.0 Å². The van der Waals surface area contributed by atoms with Crippen molar-refractivity contribution in [3.63, 3.8) is 0 Å². The molecular weight excluding hydrogens is 424 g/mol. The smallest absolute Gasteiger partial charge is 0.243 e. The van der Waals surface area contributed by atoms with Crippen LogP contribution in [0, 0.1) is 0 Å². The van der Waals surface area contributed by atoms with Crippen LogP contribution in [0.15, 0.2) is 24.3 Å². The van der Waals surface area contributed by atoms with Crippen LogP contribution in [0.25, 0.3) is 0 Å². The van der Waals surface area contributed by atoms with Gasteiger partial charge in [-0.1, -0.05) is 27.0 Å². The highest BCUT2D eigenvalue weighted by Crippen LogP contribution is 1.90. The van der Waals surface area contributed by atoms with E-state index in [0.717, 1.165) is 8.97 Å². The maximum Gasteiger partial charge on any atom is 0.243 e. The number of nitrogens with zero attached hydrogens (tertiary/aromatic N) is 2. The predicted molar refractivity (Wildman–Crippen MR) is 125 cm³/mol. The normalized spacial score (nSPS) is 10.2. The van der Waals surface area contributed by atoms with Crippen molar-refractivity contribution < 1.29 is 36.1 Å². The highest BCUT2D eigenvalue weighted by atomic mass is 32.3. The van der Waals surface area contributed by atoms with Gasteiger partial charge in [-0.3, -0.25) is 18.0 Å². The zero-order valence-corrected chi connectivity index (χ0v) is 22.0. The largest absolute Gasteiger partial charge is 0.759 e. The molecule has 31 heavy (non-hydrogen) atoms. The molecule has 0 fully saturated rings. The molecule has 0 atom stereocenters. The molecule has 0 aliphatic heterocycles. The average molecular weight is 471 g/mol. The zero-order chi connectivity index (χ0) is 26.6. The average Bonchev–Trinajstić information content (AvgIpc) is 2.44.